The summed E-state index contributed by atoms with van der Waals surface area (Å²) in [5.41, 5.74) is 0.0360. The number of hydrogen-bond donors (Lipinski definition) is 1. The third-order valence-corrected chi connectivity index (χ3v) is 4.77. The van der Waals surface area contributed by atoms with E-state index in [2.05, 4.69) is 17.3 Å². The number of thioether (sulfide) groups is 1. The Hall–Kier alpha value is -2.35. The van der Waals surface area contributed by atoms with Crippen LogP contribution in [0.2, 0.25) is 0 Å². The fourth-order valence-electron chi connectivity index (χ4n) is 2.07. The SMILES string of the molecule is CCC(C)n1nccc1NC(=O)C(C)Sc1ccc([N+](=O)[O-])cc1. The van der Waals surface area contributed by atoms with E-state index in [1.807, 2.05) is 6.92 Å². The molecule has 2 atom stereocenters. The molecule has 2 unspecified atom stereocenters. The van der Waals surface area contributed by atoms with E-state index in [4.69, 9.17) is 0 Å². The van der Waals surface area contributed by atoms with Crippen molar-refractivity contribution in [2.24, 2.45) is 0 Å². The van der Waals surface area contributed by atoms with Crippen LogP contribution in [-0.4, -0.2) is 25.9 Å². The van der Waals surface area contributed by atoms with E-state index < -0.39 is 4.92 Å². The van der Waals surface area contributed by atoms with E-state index in [0.717, 1.165) is 11.3 Å². The molecular formula is C16H20N4O3S. The molecule has 24 heavy (non-hydrogen) atoms. The van der Waals surface area contributed by atoms with E-state index in [0.29, 0.717) is 5.82 Å². The molecule has 0 fully saturated rings. The topological polar surface area (TPSA) is 90.1 Å². The third-order valence-electron chi connectivity index (χ3n) is 3.66. The minimum absolute atomic E-state index is 0.0360. The summed E-state index contributed by atoms with van der Waals surface area (Å²) in [6.45, 7) is 5.90. The van der Waals surface area contributed by atoms with Gasteiger partial charge in [0.15, 0.2) is 0 Å². The van der Waals surface area contributed by atoms with Crippen molar-refractivity contribution in [1.82, 2.24) is 9.78 Å². The maximum absolute atomic E-state index is 12.4. The molecule has 1 heterocycles. The molecule has 0 saturated carbocycles. The smallest absolute Gasteiger partial charge is 0.269 e. The van der Waals surface area contributed by atoms with Crippen LogP contribution in [0.15, 0.2) is 41.4 Å². The zero-order chi connectivity index (χ0) is 17.7. The van der Waals surface area contributed by atoms with Gasteiger partial charge in [0.2, 0.25) is 5.91 Å². The van der Waals surface area contributed by atoms with Gasteiger partial charge in [-0.3, -0.25) is 14.9 Å². The van der Waals surface area contributed by atoms with E-state index in [9.17, 15) is 14.9 Å². The van der Waals surface area contributed by atoms with E-state index in [1.165, 1.54) is 23.9 Å². The Morgan fingerprint density at radius 2 is 2.00 bits per heavy atom. The Morgan fingerprint density at radius 3 is 2.58 bits per heavy atom. The van der Waals surface area contributed by atoms with Gasteiger partial charge in [-0.25, -0.2) is 4.68 Å². The standard InChI is InChI=1S/C16H20N4O3S/c1-4-11(2)19-15(9-10-17-19)18-16(21)12(3)24-14-7-5-13(6-8-14)20(22)23/h5-12H,4H2,1-3H3,(H,18,21). The van der Waals surface area contributed by atoms with Gasteiger partial charge < -0.3 is 5.32 Å². The third kappa shape index (κ3) is 4.35. The summed E-state index contributed by atoms with van der Waals surface area (Å²) in [7, 11) is 0. The summed E-state index contributed by atoms with van der Waals surface area (Å²) in [5.74, 6) is 0.536. The maximum atomic E-state index is 12.4. The molecule has 2 aromatic rings. The minimum atomic E-state index is -0.444. The van der Waals surface area contributed by atoms with Gasteiger partial charge in [0.1, 0.15) is 5.82 Å². The normalized spacial score (nSPS) is 13.3. The molecule has 0 bridgehead atoms. The molecule has 0 aliphatic carbocycles. The summed E-state index contributed by atoms with van der Waals surface area (Å²) in [6, 6.07) is 8.14. The first-order valence-electron chi connectivity index (χ1n) is 7.67. The molecule has 0 spiro atoms. The predicted molar refractivity (Wildman–Crippen MR) is 94.3 cm³/mol. The molecule has 8 heteroatoms. The van der Waals surface area contributed by atoms with Gasteiger partial charge in [-0.05, 0) is 32.4 Å². The highest BCUT2D eigenvalue weighted by molar-refractivity contribution is 8.00. The maximum Gasteiger partial charge on any atom is 0.269 e. The number of benzene rings is 1. The lowest BCUT2D eigenvalue weighted by Gasteiger charge is -2.16. The van der Waals surface area contributed by atoms with Crippen LogP contribution in [0, 0.1) is 10.1 Å². The van der Waals surface area contributed by atoms with Crippen molar-refractivity contribution in [3.05, 3.63) is 46.6 Å². The molecular weight excluding hydrogens is 328 g/mol. The Labute approximate surface area is 144 Å². The van der Waals surface area contributed by atoms with Crippen molar-refractivity contribution in [1.29, 1.82) is 0 Å². The second-order valence-corrected chi connectivity index (χ2v) is 6.83. The number of non-ortho nitro benzene ring substituents is 1. The van der Waals surface area contributed by atoms with Gasteiger partial charge in [-0.1, -0.05) is 6.92 Å². The Morgan fingerprint density at radius 1 is 1.33 bits per heavy atom. The lowest BCUT2D eigenvalue weighted by atomic mass is 10.3. The first-order valence-corrected chi connectivity index (χ1v) is 8.55. The van der Waals surface area contributed by atoms with Crippen LogP contribution in [-0.2, 0) is 4.79 Å². The van der Waals surface area contributed by atoms with Crippen LogP contribution in [0.1, 0.15) is 33.2 Å². The quantitative estimate of drug-likeness (QED) is 0.466. The van der Waals surface area contributed by atoms with Crippen LogP contribution in [0.25, 0.3) is 0 Å². The zero-order valence-electron chi connectivity index (χ0n) is 13.8. The van der Waals surface area contributed by atoms with Gasteiger partial charge in [-0.2, -0.15) is 5.10 Å². The van der Waals surface area contributed by atoms with Gasteiger partial charge in [0.25, 0.3) is 5.69 Å². The van der Waals surface area contributed by atoms with Crippen LogP contribution in [0.3, 0.4) is 0 Å². The first kappa shape index (κ1) is 18.0. The van der Waals surface area contributed by atoms with E-state index in [1.54, 1.807) is 36.0 Å². The van der Waals surface area contributed by atoms with Gasteiger partial charge in [0, 0.05) is 23.1 Å². The predicted octanol–water partition coefficient (Wildman–Crippen LogP) is 3.88. The molecule has 7 nitrogen and oxygen atoms in total. The lowest BCUT2D eigenvalue weighted by molar-refractivity contribution is -0.384. The highest BCUT2D eigenvalue weighted by Gasteiger charge is 2.18. The Kier molecular flexibility index (Phi) is 5.97. The van der Waals surface area contributed by atoms with Crippen LogP contribution in [0.4, 0.5) is 11.5 Å². The fourth-order valence-corrected chi connectivity index (χ4v) is 2.94. The summed E-state index contributed by atoms with van der Waals surface area (Å²) in [4.78, 5) is 23.4. The Bertz CT molecular complexity index is 714. The number of carbonyl (C=O) groups excluding carboxylic acids is 1. The molecule has 0 aliphatic heterocycles. The largest absolute Gasteiger partial charge is 0.310 e. The number of hydrogen-bond acceptors (Lipinski definition) is 5. The molecule has 0 aliphatic rings. The minimum Gasteiger partial charge on any atom is -0.310 e. The number of nitro benzene ring substituents is 1. The number of rotatable bonds is 7. The molecule has 1 aromatic carbocycles. The van der Waals surface area contributed by atoms with Crippen molar-refractivity contribution in [3.8, 4) is 0 Å². The highest BCUT2D eigenvalue weighted by atomic mass is 32.2. The van der Waals surface area contributed by atoms with Crippen LogP contribution in [0.5, 0.6) is 0 Å². The Balaban J connectivity index is 2.00. The second-order valence-electron chi connectivity index (χ2n) is 5.42. The molecule has 0 saturated heterocycles. The molecule has 1 amide bonds. The molecule has 1 N–H and O–H groups in total. The van der Waals surface area contributed by atoms with Gasteiger partial charge in [0.05, 0.1) is 22.4 Å². The summed E-state index contributed by atoms with van der Waals surface area (Å²) in [6.07, 6.45) is 2.58. The zero-order valence-corrected chi connectivity index (χ0v) is 14.6. The molecule has 128 valence electrons. The summed E-state index contributed by atoms with van der Waals surface area (Å²) < 4.78 is 1.79. The lowest BCUT2D eigenvalue weighted by Crippen LogP contribution is -2.24. The highest BCUT2D eigenvalue weighted by Crippen LogP contribution is 2.26. The number of amides is 1. The molecule has 0 radical (unpaired) electrons. The van der Waals surface area contributed by atoms with Crippen molar-refractivity contribution < 1.29 is 9.72 Å². The summed E-state index contributed by atoms with van der Waals surface area (Å²) in [5, 5.41) is 17.4. The second kappa shape index (κ2) is 7.96. The number of nitro groups is 1. The number of nitrogens with zero attached hydrogens (tertiary/aromatic N) is 3. The first-order chi connectivity index (χ1) is 11.4. The van der Waals surface area contributed by atoms with Crippen LogP contribution >= 0.6 is 11.8 Å². The molecule has 2 rings (SSSR count). The number of anilines is 1. The van der Waals surface area contributed by atoms with E-state index >= 15 is 0 Å². The van der Waals surface area contributed by atoms with Crippen molar-refractivity contribution in [2.45, 2.75) is 43.4 Å². The van der Waals surface area contributed by atoms with Crippen molar-refractivity contribution >= 4 is 29.2 Å². The number of aromatic nitrogens is 2. The fraction of sp³-hybridized carbons (Fsp3) is 0.375. The van der Waals surface area contributed by atoms with Gasteiger partial charge >= 0.3 is 0 Å². The average Bonchev–Trinajstić information content (AvgIpc) is 3.02. The van der Waals surface area contributed by atoms with E-state index in [-0.39, 0.29) is 22.9 Å². The van der Waals surface area contributed by atoms with Crippen molar-refractivity contribution in [2.75, 3.05) is 5.32 Å². The van der Waals surface area contributed by atoms with Crippen LogP contribution < -0.4 is 5.32 Å². The van der Waals surface area contributed by atoms with Gasteiger partial charge in [-0.15, -0.1) is 11.8 Å². The monoisotopic (exact) mass is 348 g/mol. The number of nitrogens with one attached hydrogen (secondary N) is 1. The molecule has 1 aromatic heterocycles. The average molecular weight is 348 g/mol. The summed E-state index contributed by atoms with van der Waals surface area (Å²) >= 11 is 1.35. The van der Waals surface area contributed by atoms with Crippen molar-refractivity contribution in [3.63, 3.8) is 0 Å². The number of carbonyl (C=O) groups is 1.